The lowest BCUT2D eigenvalue weighted by Gasteiger charge is -2.10. The monoisotopic (exact) mass is 262 g/mol. The van der Waals surface area contributed by atoms with E-state index in [-0.39, 0.29) is 0 Å². The molecule has 0 bridgehead atoms. The topological polar surface area (TPSA) is 35.0 Å². The highest BCUT2D eigenvalue weighted by molar-refractivity contribution is 5.69. The van der Waals surface area contributed by atoms with Gasteiger partial charge in [-0.3, -0.25) is 9.97 Å². The van der Waals surface area contributed by atoms with Crippen molar-refractivity contribution in [3.8, 4) is 16.9 Å². The molecular formula is C17H14N2O. The minimum absolute atomic E-state index is 0.437. The van der Waals surface area contributed by atoms with Gasteiger partial charge in [-0.25, -0.2) is 0 Å². The molecule has 0 fully saturated rings. The zero-order chi connectivity index (χ0) is 13.6. The average molecular weight is 262 g/mol. The molecule has 0 aliphatic carbocycles. The van der Waals surface area contributed by atoms with Crippen LogP contribution < -0.4 is 4.74 Å². The SMILES string of the molecule is c1ccc(-c2ccncc2OCc2ccccn2)cc1. The molecule has 20 heavy (non-hydrogen) atoms. The molecule has 2 aromatic heterocycles. The Labute approximate surface area is 117 Å². The fourth-order valence-corrected chi connectivity index (χ4v) is 1.99. The number of hydrogen-bond acceptors (Lipinski definition) is 3. The van der Waals surface area contributed by atoms with Gasteiger partial charge >= 0.3 is 0 Å². The third kappa shape index (κ3) is 2.83. The molecule has 1 aromatic carbocycles. The summed E-state index contributed by atoms with van der Waals surface area (Å²) in [5.74, 6) is 0.768. The normalized spacial score (nSPS) is 10.2. The molecule has 0 saturated heterocycles. The van der Waals surface area contributed by atoms with E-state index in [0.717, 1.165) is 22.6 Å². The summed E-state index contributed by atoms with van der Waals surface area (Å²) in [5.41, 5.74) is 3.05. The number of rotatable bonds is 4. The Morgan fingerprint density at radius 3 is 2.50 bits per heavy atom. The Morgan fingerprint density at radius 2 is 1.70 bits per heavy atom. The molecule has 0 amide bonds. The van der Waals surface area contributed by atoms with E-state index in [1.807, 2.05) is 42.5 Å². The maximum Gasteiger partial charge on any atom is 0.145 e. The maximum absolute atomic E-state index is 5.85. The van der Waals surface area contributed by atoms with Gasteiger partial charge in [0.25, 0.3) is 0 Å². The van der Waals surface area contributed by atoms with Gasteiger partial charge in [-0.2, -0.15) is 0 Å². The van der Waals surface area contributed by atoms with E-state index >= 15 is 0 Å². The van der Waals surface area contributed by atoms with Crippen molar-refractivity contribution >= 4 is 0 Å². The van der Waals surface area contributed by atoms with Crippen molar-refractivity contribution in [2.75, 3.05) is 0 Å². The zero-order valence-corrected chi connectivity index (χ0v) is 10.9. The van der Waals surface area contributed by atoms with Gasteiger partial charge in [0.1, 0.15) is 12.4 Å². The van der Waals surface area contributed by atoms with E-state index in [1.54, 1.807) is 18.6 Å². The van der Waals surface area contributed by atoms with E-state index in [1.165, 1.54) is 0 Å². The van der Waals surface area contributed by atoms with Gasteiger partial charge in [0.05, 0.1) is 11.9 Å². The number of hydrogen-bond donors (Lipinski definition) is 0. The molecule has 0 N–H and O–H groups in total. The second-order valence-electron chi connectivity index (χ2n) is 4.35. The molecule has 0 aliphatic heterocycles. The first-order chi connectivity index (χ1) is 9.93. The summed E-state index contributed by atoms with van der Waals surface area (Å²) in [6.45, 7) is 0.437. The molecule has 3 heteroatoms. The summed E-state index contributed by atoms with van der Waals surface area (Å²) >= 11 is 0. The quantitative estimate of drug-likeness (QED) is 0.718. The van der Waals surface area contributed by atoms with Gasteiger partial charge in [-0.15, -0.1) is 0 Å². The number of benzene rings is 1. The summed E-state index contributed by atoms with van der Waals surface area (Å²) in [7, 11) is 0. The Kier molecular flexibility index (Phi) is 3.69. The molecule has 98 valence electrons. The fraction of sp³-hybridized carbons (Fsp3) is 0.0588. The molecule has 0 aliphatic rings. The predicted molar refractivity (Wildman–Crippen MR) is 78.2 cm³/mol. The lowest BCUT2D eigenvalue weighted by molar-refractivity contribution is 0.301. The van der Waals surface area contributed by atoms with Gasteiger partial charge in [0, 0.05) is 18.0 Å². The van der Waals surface area contributed by atoms with Gasteiger partial charge in [-0.1, -0.05) is 36.4 Å². The largest absolute Gasteiger partial charge is 0.485 e. The number of pyridine rings is 2. The van der Waals surface area contributed by atoms with E-state index < -0.39 is 0 Å². The van der Waals surface area contributed by atoms with Crippen LogP contribution >= 0.6 is 0 Å². The molecule has 3 nitrogen and oxygen atoms in total. The van der Waals surface area contributed by atoms with Crippen molar-refractivity contribution < 1.29 is 4.74 Å². The standard InChI is InChI=1S/C17H14N2O/c1-2-6-14(7-3-1)16-9-11-18-12-17(16)20-13-15-8-4-5-10-19-15/h1-12H,13H2. The lowest BCUT2D eigenvalue weighted by atomic mass is 10.1. The number of nitrogens with zero attached hydrogens (tertiary/aromatic N) is 2. The Morgan fingerprint density at radius 1 is 0.850 bits per heavy atom. The van der Waals surface area contributed by atoms with Crippen LogP contribution in [0.2, 0.25) is 0 Å². The van der Waals surface area contributed by atoms with E-state index in [4.69, 9.17) is 4.74 Å². The number of ether oxygens (including phenoxy) is 1. The molecule has 0 unspecified atom stereocenters. The molecular weight excluding hydrogens is 248 g/mol. The highest BCUT2D eigenvalue weighted by Crippen LogP contribution is 2.29. The molecule has 3 aromatic rings. The van der Waals surface area contributed by atoms with Gasteiger partial charge in [-0.05, 0) is 23.8 Å². The van der Waals surface area contributed by atoms with Crippen LogP contribution in [0.25, 0.3) is 11.1 Å². The maximum atomic E-state index is 5.85. The summed E-state index contributed by atoms with van der Waals surface area (Å²) in [4.78, 5) is 8.39. The predicted octanol–water partition coefficient (Wildman–Crippen LogP) is 3.72. The first-order valence-electron chi connectivity index (χ1n) is 6.45. The Bertz CT molecular complexity index is 669. The third-order valence-corrected chi connectivity index (χ3v) is 2.97. The zero-order valence-electron chi connectivity index (χ0n) is 10.9. The summed E-state index contributed by atoms with van der Waals surface area (Å²) in [5, 5.41) is 0. The van der Waals surface area contributed by atoms with Crippen LogP contribution in [-0.4, -0.2) is 9.97 Å². The molecule has 2 heterocycles. The van der Waals surface area contributed by atoms with Crippen LogP contribution in [0.15, 0.2) is 73.2 Å². The Balaban J connectivity index is 1.84. The van der Waals surface area contributed by atoms with Crippen LogP contribution in [0.5, 0.6) is 5.75 Å². The van der Waals surface area contributed by atoms with Gasteiger partial charge in [0.2, 0.25) is 0 Å². The van der Waals surface area contributed by atoms with Crippen molar-refractivity contribution in [1.29, 1.82) is 0 Å². The third-order valence-electron chi connectivity index (χ3n) is 2.97. The van der Waals surface area contributed by atoms with Crippen molar-refractivity contribution in [3.63, 3.8) is 0 Å². The summed E-state index contributed by atoms with van der Waals surface area (Å²) < 4.78 is 5.85. The van der Waals surface area contributed by atoms with Crippen LogP contribution in [0.1, 0.15) is 5.69 Å². The van der Waals surface area contributed by atoms with Crippen LogP contribution in [0.3, 0.4) is 0 Å². The fourth-order valence-electron chi connectivity index (χ4n) is 1.99. The Hall–Kier alpha value is -2.68. The van der Waals surface area contributed by atoms with Crippen molar-refractivity contribution in [1.82, 2.24) is 9.97 Å². The minimum Gasteiger partial charge on any atom is -0.485 e. The van der Waals surface area contributed by atoms with Crippen LogP contribution in [0.4, 0.5) is 0 Å². The van der Waals surface area contributed by atoms with Crippen LogP contribution in [-0.2, 0) is 6.61 Å². The average Bonchev–Trinajstić information content (AvgIpc) is 2.55. The molecule has 0 radical (unpaired) electrons. The first kappa shape index (κ1) is 12.4. The van der Waals surface area contributed by atoms with E-state index in [2.05, 4.69) is 22.1 Å². The molecule has 0 saturated carbocycles. The second-order valence-corrected chi connectivity index (χ2v) is 4.35. The van der Waals surface area contributed by atoms with Gasteiger partial charge < -0.3 is 4.74 Å². The lowest BCUT2D eigenvalue weighted by Crippen LogP contribution is -1.99. The molecule has 0 spiro atoms. The van der Waals surface area contributed by atoms with E-state index in [0.29, 0.717) is 6.61 Å². The smallest absolute Gasteiger partial charge is 0.145 e. The summed E-state index contributed by atoms with van der Waals surface area (Å²) in [6, 6.07) is 17.9. The highest BCUT2D eigenvalue weighted by Gasteiger charge is 2.06. The molecule has 0 atom stereocenters. The number of aromatic nitrogens is 2. The second kappa shape index (κ2) is 5.97. The van der Waals surface area contributed by atoms with Crippen LogP contribution in [0, 0.1) is 0 Å². The summed E-state index contributed by atoms with van der Waals surface area (Å²) in [6.07, 6.45) is 5.28. The molecule has 3 rings (SSSR count). The van der Waals surface area contributed by atoms with Crippen molar-refractivity contribution in [2.24, 2.45) is 0 Å². The van der Waals surface area contributed by atoms with E-state index in [9.17, 15) is 0 Å². The minimum atomic E-state index is 0.437. The van der Waals surface area contributed by atoms with Crippen molar-refractivity contribution in [2.45, 2.75) is 6.61 Å². The van der Waals surface area contributed by atoms with Crippen molar-refractivity contribution in [3.05, 3.63) is 78.9 Å². The first-order valence-corrected chi connectivity index (χ1v) is 6.45. The highest BCUT2D eigenvalue weighted by atomic mass is 16.5. The van der Waals surface area contributed by atoms with Gasteiger partial charge in [0.15, 0.2) is 0 Å².